The van der Waals surface area contributed by atoms with Gasteiger partial charge in [-0.25, -0.2) is 4.79 Å². The van der Waals surface area contributed by atoms with E-state index in [1.807, 2.05) is 0 Å². The number of ether oxygens (including phenoxy) is 13. The summed E-state index contributed by atoms with van der Waals surface area (Å²) in [7, 11) is 0. The number of hydrogen-bond acceptors (Lipinski definition) is 32. The van der Waals surface area contributed by atoms with Crippen molar-refractivity contribution in [2.45, 2.75) is 197 Å². The molecule has 33 nitrogen and oxygen atoms in total. The highest BCUT2D eigenvalue weighted by atomic mass is 16.8. The van der Waals surface area contributed by atoms with Gasteiger partial charge >= 0.3 is 6.09 Å². The number of aliphatic hydroxyl groups is 17. The Labute approximate surface area is 407 Å². The van der Waals surface area contributed by atoms with Gasteiger partial charge in [-0.2, -0.15) is 0 Å². The van der Waals surface area contributed by atoms with Gasteiger partial charge in [0.2, 0.25) is 0 Å². The van der Waals surface area contributed by atoms with Gasteiger partial charge in [0.05, 0.1) is 45.8 Å². The minimum absolute atomic E-state index is 1.01. The van der Waals surface area contributed by atoms with Crippen LogP contribution in [0.15, 0.2) is 0 Å². The SMILES string of the molecule is CC(N)NC(=O)O[C@@H]1[C@@H](O)[C@H]2O[C@H]3[C@H](O)[C@@H](O)[C@@H](O[C@H]4[C@H](O)[C@@H](O)[C@@H](O[C@H]5[C@H](O)[C@@H](O)[C@@H](O[C@H]6[C@H](O)[C@@H](O)[C@@H](O[C@H]7[C@H](O)[C@@H](O)[C@@H](O[C@H]1[C@@H](CO)O2)O[C@@H]7CO)O[C@@H]6CO)O[C@@H]5CO)O[C@@H]4CO)O[C@@H]3CO. The summed E-state index contributed by atoms with van der Waals surface area (Å²) in [6.07, 6.45) is -62.2. The van der Waals surface area contributed by atoms with E-state index in [0.717, 1.165) is 0 Å². The predicted molar refractivity (Wildman–Crippen MR) is 217 cm³/mol. The van der Waals surface area contributed by atoms with E-state index < -0.39 is 236 Å². The average molecular weight is 1060 g/mol. The quantitative estimate of drug-likeness (QED) is 0.100. The molecule has 0 aromatic rings. The summed E-state index contributed by atoms with van der Waals surface area (Å²) in [6, 6.07) is 0. The number of aliphatic hydroxyl groups excluding tert-OH is 17. The number of carbonyl (C=O) groups excluding carboxylic acids is 1. The number of hydrogen-bond donors (Lipinski definition) is 19. The average Bonchev–Trinajstić information content (AvgIpc) is 3.35. The number of carbonyl (C=O) groups is 1. The molecule has 22 aliphatic heterocycles. The smallest absolute Gasteiger partial charge is 0.408 e. The third-order valence-corrected chi connectivity index (χ3v) is 13.2. The van der Waals surface area contributed by atoms with Gasteiger partial charge in [0, 0.05) is 0 Å². The highest BCUT2D eigenvalue weighted by Gasteiger charge is 2.59. The Balaban J connectivity index is 1.23. The predicted octanol–water partition coefficient (Wildman–Crippen LogP) is -13.0. The van der Waals surface area contributed by atoms with Gasteiger partial charge in [-0.15, -0.1) is 0 Å². The first kappa shape index (κ1) is 57.8. The molecule has 1 amide bonds. The summed E-state index contributed by atoms with van der Waals surface area (Å²) in [5.74, 6) is 0. The van der Waals surface area contributed by atoms with Crippen molar-refractivity contribution in [3.05, 3.63) is 0 Å². The van der Waals surface area contributed by atoms with Crippen LogP contribution in [-0.4, -0.2) is 323 Å². The maximum absolute atomic E-state index is 13.0. The number of nitrogens with two attached hydrogens (primary N) is 1. The molecule has 20 N–H and O–H groups in total. The van der Waals surface area contributed by atoms with Crippen molar-refractivity contribution in [1.82, 2.24) is 5.32 Å². The molecular formula is C39H66N2O31. The molecule has 0 aliphatic carbocycles. The highest BCUT2D eigenvalue weighted by molar-refractivity contribution is 5.67. The molecular weight excluding hydrogens is 992 g/mol. The van der Waals surface area contributed by atoms with Crippen molar-refractivity contribution in [2.24, 2.45) is 5.73 Å². The van der Waals surface area contributed by atoms with E-state index >= 15 is 0 Å². The largest absolute Gasteiger partial charge is 0.440 e. The van der Waals surface area contributed by atoms with Gasteiger partial charge in [-0.1, -0.05) is 0 Å². The molecule has 33 heteroatoms. The van der Waals surface area contributed by atoms with E-state index in [4.69, 9.17) is 67.3 Å². The van der Waals surface area contributed by atoms with E-state index in [-0.39, 0.29) is 0 Å². The molecule has 22 rings (SSSR count). The van der Waals surface area contributed by atoms with Gasteiger partial charge in [-0.3, -0.25) is 0 Å². The zero-order valence-electron chi connectivity index (χ0n) is 38.0. The number of nitrogens with one attached hydrogen (secondary N) is 1. The molecule has 1 unspecified atom stereocenters. The van der Waals surface area contributed by atoms with Crippen LogP contribution >= 0.6 is 0 Å². The van der Waals surface area contributed by atoms with Crippen LogP contribution < -0.4 is 11.1 Å². The second-order valence-corrected chi connectivity index (χ2v) is 18.2. The van der Waals surface area contributed by atoms with E-state index in [1.165, 1.54) is 6.92 Å². The molecule has 418 valence electrons. The second-order valence-electron chi connectivity index (χ2n) is 18.2. The van der Waals surface area contributed by atoms with Crippen LogP contribution in [-0.2, 0) is 61.6 Å². The third-order valence-electron chi connectivity index (χ3n) is 13.2. The zero-order chi connectivity index (χ0) is 52.6. The molecule has 22 saturated heterocycles. The molecule has 22 heterocycles. The lowest BCUT2D eigenvalue weighted by Crippen LogP contribution is -2.69. The summed E-state index contributed by atoms with van der Waals surface area (Å²) in [5.41, 5.74) is 5.68. The van der Waals surface area contributed by atoms with Crippen molar-refractivity contribution in [1.29, 1.82) is 0 Å². The molecule has 0 saturated carbocycles. The van der Waals surface area contributed by atoms with Crippen LogP contribution in [0.5, 0.6) is 0 Å². The first-order valence-electron chi connectivity index (χ1n) is 22.9. The fourth-order valence-corrected chi connectivity index (χ4v) is 9.39. The first-order chi connectivity index (χ1) is 34.2. The van der Waals surface area contributed by atoms with Gasteiger partial charge in [-0.05, 0) is 6.92 Å². The lowest BCUT2D eigenvalue weighted by Gasteiger charge is -2.51. The summed E-state index contributed by atoms with van der Waals surface area (Å²) < 4.78 is 74.2. The molecule has 22 fully saturated rings. The van der Waals surface area contributed by atoms with Crippen LogP contribution in [0.2, 0.25) is 0 Å². The van der Waals surface area contributed by atoms with Crippen LogP contribution in [0.1, 0.15) is 6.92 Å². The van der Waals surface area contributed by atoms with Gasteiger partial charge in [0.1, 0.15) is 140 Å². The van der Waals surface area contributed by atoms with Crippen molar-refractivity contribution in [3.8, 4) is 0 Å². The van der Waals surface area contributed by atoms with Gasteiger partial charge < -0.3 is 159 Å². The van der Waals surface area contributed by atoms with E-state index in [1.54, 1.807) is 0 Å². The molecule has 22 aliphatic rings. The van der Waals surface area contributed by atoms with Crippen LogP contribution in [0, 0.1) is 0 Å². The monoisotopic (exact) mass is 1060 g/mol. The van der Waals surface area contributed by atoms with Gasteiger partial charge in [0.15, 0.2) is 43.8 Å². The third kappa shape index (κ3) is 11.7. The number of amides is 1. The van der Waals surface area contributed by atoms with Crippen LogP contribution in [0.25, 0.3) is 0 Å². The van der Waals surface area contributed by atoms with E-state index in [0.29, 0.717) is 0 Å². The molecule has 0 aromatic carbocycles. The first-order valence-corrected chi connectivity index (χ1v) is 22.9. The normalized spacial score (nSPS) is 52.0. The Morgan fingerprint density at radius 2 is 0.583 bits per heavy atom. The summed E-state index contributed by atoms with van der Waals surface area (Å²) in [6.45, 7) is -4.89. The Morgan fingerprint density at radius 1 is 0.375 bits per heavy atom. The molecule has 12 bridgehead atoms. The fourth-order valence-electron chi connectivity index (χ4n) is 9.39. The van der Waals surface area contributed by atoms with Crippen molar-refractivity contribution in [2.75, 3.05) is 39.6 Å². The maximum Gasteiger partial charge on any atom is 0.408 e. The second kappa shape index (κ2) is 24.6. The summed E-state index contributed by atoms with van der Waals surface area (Å²) >= 11 is 0. The summed E-state index contributed by atoms with van der Waals surface area (Å²) in [4.78, 5) is 13.0. The molecule has 72 heavy (non-hydrogen) atoms. The molecule has 0 spiro atoms. The summed E-state index contributed by atoms with van der Waals surface area (Å²) in [5, 5.41) is 189. The molecule has 0 radical (unpaired) electrons. The van der Waals surface area contributed by atoms with Gasteiger partial charge in [0.25, 0.3) is 0 Å². The maximum atomic E-state index is 13.0. The van der Waals surface area contributed by atoms with E-state index in [2.05, 4.69) is 5.32 Å². The van der Waals surface area contributed by atoms with Crippen LogP contribution in [0.3, 0.4) is 0 Å². The zero-order valence-corrected chi connectivity index (χ0v) is 38.0. The molecule has 0 aromatic heterocycles. The minimum atomic E-state index is -2.23. The fraction of sp³-hybridized carbons (Fsp3) is 0.974. The van der Waals surface area contributed by atoms with Crippen molar-refractivity contribution in [3.63, 3.8) is 0 Å². The van der Waals surface area contributed by atoms with Crippen molar-refractivity contribution < 1.29 is 153 Å². The van der Waals surface area contributed by atoms with Crippen LogP contribution in [0.4, 0.5) is 4.79 Å². The van der Waals surface area contributed by atoms with Crippen molar-refractivity contribution >= 4 is 6.09 Å². The molecule has 31 atom stereocenters. The topological polar surface area (TPSA) is 519 Å². The lowest BCUT2D eigenvalue weighted by atomic mass is 9.94. The minimum Gasteiger partial charge on any atom is -0.440 e. The Kier molecular flexibility index (Phi) is 19.7. The standard InChI is InChI=1S/C39H66N2O31/c1-8(40)41-39(59)72-32-25(58)38-65-14(7-47)31(32)71-37-24(57)19(52)29(12(5-45)64-37)69-35-22(55)17(50)27(10(3-43)62-35)67-33-20(53)15(48)26(9(2-42)60-33)66-34-21(54)16(49)28(11(4-44)61-34)68-36-23(56)18(51)30(70-38)13(6-46)63-36/h8-38,42-58H,2-7,40H2,1H3,(H,41,59)/t8?,9-,10-,11-,12-,13-,14-,15-,16-,17-,18-,19-,20-,21-,22-,23-,24-,25-,26-,27-,28-,29-,30-,31+,32-,33-,34-,35-,36-,37-,38-/m1/s1. The Bertz CT molecular complexity index is 1700. The lowest BCUT2D eigenvalue weighted by molar-refractivity contribution is -0.403. The Hall–Kier alpha value is -1.93. The Morgan fingerprint density at radius 3 is 0.806 bits per heavy atom. The highest BCUT2D eigenvalue weighted by Crippen LogP contribution is 2.38. The number of rotatable bonds is 8. The van der Waals surface area contributed by atoms with E-state index in [9.17, 15) is 91.6 Å². The number of alkyl carbamates (subject to hydrolysis) is 1.